The van der Waals surface area contributed by atoms with Crippen LogP contribution in [0.3, 0.4) is 0 Å². The van der Waals surface area contributed by atoms with Crippen LogP contribution in [0.4, 0.5) is 13.2 Å². The van der Waals surface area contributed by atoms with Crippen LogP contribution >= 0.6 is 0 Å². The molecular weight excluding hydrogens is 495 g/mol. The standard InChI is InChI=1S/C25H20F3N3O6/c26-25(27,28)37-19-3-1-2-14-9-16(12-36-21(14)19)22(33)29-10-13-4-5-17-15(8-13)11-31(24(17)35)18-6-7-20(32)30-23(18)34/h1-5,8-9,18H,6-7,10-12H2,(H,29,33)(H,30,32,34). The molecule has 0 bridgehead atoms. The summed E-state index contributed by atoms with van der Waals surface area (Å²) in [4.78, 5) is 50.6. The zero-order chi connectivity index (χ0) is 26.3. The van der Waals surface area contributed by atoms with E-state index in [1.54, 1.807) is 18.2 Å². The van der Waals surface area contributed by atoms with E-state index in [9.17, 15) is 32.3 Å². The van der Waals surface area contributed by atoms with E-state index in [4.69, 9.17) is 4.74 Å². The van der Waals surface area contributed by atoms with Crippen LogP contribution in [0.5, 0.6) is 11.5 Å². The van der Waals surface area contributed by atoms with Crippen molar-refractivity contribution in [2.24, 2.45) is 0 Å². The van der Waals surface area contributed by atoms with Gasteiger partial charge in [-0.1, -0.05) is 24.3 Å². The third kappa shape index (κ3) is 4.99. The van der Waals surface area contributed by atoms with Crippen LogP contribution in [-0.4, -0.2) is 47.5 Å². The predicted molar refractivity (Wildman–Crippen MR) is 121 cm³/mol. The number of carbonyl (C=O) groups is 4. The number of nitrogens with zero attached hydrogens (tertiary/aromatic N) is 1. The van der Waals surface area contributed by atoms with Gasteiger partial charge in [-0.25, -0.2) is 0 Å². The highest BCUT2D eigenvalue weighted by molar-refractivity contribution is 6.05. The lowest BCUT2D eigenvalue weighted by molar-refractivity contribution is -0.275. The number of hydrogen-bond acceptors (Lipinski definition) is 6. The summed E-state index contributed by atoms with van der Waals surface area (Å²) >= 11 is 0. The molecule has 0 spiro atoms. The molecule has 0 saturated carbocycles. The number of fused-ring (bicyclic) bond motifs is 2. The van der Waals surface area contributed by atoms with Crippen LogP contribution in [0.1, 0.15) is 39.9 Å². The van der Waals surface area contributed by atoms with Gasteiger partial charge in [-0.3, -0.25) is 24.5 Å². The minimum absolute atomic E-state index is 0.0970. The van der Waals surface area contributed by atoms with Gasteiger partial charge in [-0.15, -0.1) is 13.2 Å². The number of benzene rings is 2. The zero-order valence-electron chi connectivity index (χ0n) is 19.2. The highest BCUT2D eigenvalue weighted by Crippen LogP contribution is 2.38. The quantitative estimate of drug-likeness (QED) is 0.592. The molecule has 3 heterocycles. The van der Waals surface area contributed by atoms with E-state index in [0.717, 1.165) is 6.07 Å². The fourth-order valence-electron chi connectivity index (χ4n) is 4.55. The molecule has 3 aliphatic rings. The number of piperidine rings is 1. The molecule has 3 aliphatic heterocycles. The Balaban J connectivity index is 1.24. The Morgan fingerprint density at radius 3 is 2.76 bits per heavy atom. The van der Waals surface area contributed by atoms with Gasteiger partial charge in [0.1, 0.15) is 12.6 Å². The van der Waals surface area contributed by atoms with E-state index in [0.29, 0.717) is 16.7 Å². The molecule has 2 N–H and O–H groups in total. The third-order valence-corrected chi connectivity index (χ3v) is 6.27. The first-order valence-corrected chi connectivity index (χ1v) is 11.4. The summed E-state index contributed by atoms with van der Waals surface area (Å²) in [5.41, 5.74) is 2.37. The largest absolute Gasteiger partial charge is 0.573 e. The first-order chi connectivity index (χ1) is 17.6. The highest BCUT2D eigenvalue weighted by atomic mass is 19.4. The number of amides is 4. The number of nitrogens with one attached hydrogen (secondary N) is 2. The van der Waals surface area contributed by atoms with Crippen molar-refractivity contribution in [3.63, 3.8) is 0 Å². The van der Waals surface area contributed by atoms with Gasteiger partial charge >= 0.3 is 6.36 Å². The number of halogens is 3. The normalized spacial score (nSPS) is 18.9. The van der Waals surface area contributed by atoms with Crippen LogP contribution < -0.4 is 20.1 Å². The number of para-hydroxylation sites is 1. The molecule has 1 unspecified atom stereocenters. The molecule has 9 nitrogen and oxygen atoms in total. The molecule has 1 saturated heterocycles. The zero-order valence-corrected chi connectivity index (χ0v) is 19.2. The van der Waals surface area contributed by atoms with Gasteiger partial charge in [0.05, 0.1) is 5.57 Å². The number of imide groups is 1. The Hall–Kier alpha value is -4.35. The molecule has 12 heteroatoms. The number of ether oxygens (including phenoxy) is 2. The van der Waals surface area contributed by atoms with Crippen LogP contribution in [-0.2, 0) is 27.5 Å². The molecule has 0 aromatic heterocycles. The van der Waals surface area contributed by atoms with Crippen LogP contribution in [0.25, 0.3) is 6.08 Å². The summed E-state index contributed by atoms with van der Waals surface area (Å²) in [5, 5.41) is 5.00. The molecule has 0 radical (unpaired) electrons. The molecule has 4 amide bonds. The minimum atomic E-state index is -4.88. The summed E-state index contributed by atoms with van der Waals surface area (Å²) in [7, 11) is 0. The van der Waals surface area contributed by atoms with Crippen molar-refractivity contribution >= 4 is 29.7 Å². The summed E-state index contributed by atoms with van der Waals surface area (Å²) < 4.78 is 47.2. The Kier molecular flexibility index (Phi) is 6.10. The van der Waals surface area contributed by atoms with Gasteiger partial charge in [0.15, 0.2) is 11.5 Å². The Morgan fingerprint density at radius 1 is 1.19 bits per heavy atom. The van der Waals surface area contributed by atoms with Crippen molar-refractivity contribution in [3.8, 4) is 11.5 Å². The Labute approximate surface area is 208 Å². The monoisotopic (exact) mass is 515 g/mol. The lowest BCUT2D eigenvalue weighted by Gasteiger charge is -2.29. The van der Waals surface area contributed by atoms with Crippen molar-refractivity contribution < 1.29 is 41.8 Å². The lowest BCUT2D eigenvalue weighted by Crippen LogP contribution is -2.52. The Bertz CT molecular complexity index is 1350. The second-order valence-corrected chi connectivity index (χ2v) is 8.75. The summed E-state index contributed by atoms with van der Waals surface area (Å²) in [6.07, 6.45) is -3.01. The van der Waals surface area contributed by atoms with Crippen molar-refractivity contribution in [2.75, 3.05) is 6.61 Å². The second kappa shape index (κ2) is 9.26. The Morgan fingerprint density at radius 2 is 2.00 bits per heavy atom. The number of alkyl halides is 3. The maximum Gasteiger partial charge on any atom is 0.573 e. The van der Waals surface area contributed by atoms with E-state index in [1.807, 2.05) is 0 Å². The smallest absolute Gasteiger partial charge is 0.484 e. The van der Waals surface area contributed by atoms with E-state index in [-0.39, 0.29) is 61.2 Å². The van der Waals surface area contributed by atoms with Gasteiger partial charge in [-0.05, 0) is 35.8 Å². The molecule has 5 rings (SSSR count). The van der Waals surface area contributed by atoms with Gasteiger partial charge in [-0.2, -0.15) is 0 Å². The van der Waals surface area contributed by atoms with Crippen LogP contribution in [0.2, 0.25) is 0 Å². The van der Waals surface area contributed by atoms with Gasteiger partial charge in [0.2, 0.25) is 11.8 Å². The number of hydrogen-bond donors (Lipinski definition) is 2. The maximum atomic E-state index is 12.8. The van der Waals surface area contributed by atoms with Crippen molar-refractivity contribution in [1.82, 2.24) is 15.5 Å². The molecule has 2 aromatic carbocycles. The summed E-state index contributed by atoms with van der Waals surface area (Å²) in [6, 6.07) is 8.37. The fraction of sp³-hybridized carbons (Fsp3) is 0.280. The second-order valence-electron chi connectivity index (χ2n) is 8.75. The van der Waals surface area contributed by atoms with E-state index >= 15 is 0 Å². The highest BCUT2D eigenvalue weighted by Gasteiger charge is 2.39. The molecule has 2 aromatic rings. The average Bonchev–Trinajstić information content (AvgIpc) is 3.17. The fourth-order valence-corrected chi connectivity index (χ4v) is 4.55. The molecule has 1 fully saturated rings. The molecule has 1 atom stereocenters. The first-order valence-electron chi connectivity index (χ1n) is 11.4. The van der Waals surface area contributed by atoms with Gasteiger partial charge in [0, 0.05) is 30.6 Å². The third-order valence-electron chi connectivity index (χ3n) is 6.27. The van der Waals surface area contributed by atoms with Crippen molar-refractivity contribution in [1.29, 1.82) is 0 Å². The van der Waals surface area contributed by atoms with Crippen LogP contribution in [0.15, 0.2) is 42.0 Å². The maximum absolute atomic E-state index is 12.8. The van der Waals surface area contributed by atoms with Crippen LogP contribution in [0, 0.1) is 0 Å². The van der Waals surface area contributed by atoms with Crippen molar-refractivity contribution in [3.05, 3.63) is 64.2 Å². The molecular formula is C25H20F3N3O6. The summed E-state index contributed by atoms with van der Waals surface area (Å²) in [6.45, 7) is 0.0944. The topological polar surface area (TPSA) is 114 Å². The molecule has 0 aliphatic carbocycles. The van der Waals surface area contributed by atoms with Crippen molar-refractivity contribution in [2.45, 2.75) is 38.3 Å². The summed E-state index contributed by atoms with van der Waals surface area (Å²) in [5.74, 6) is -2.20. The number of carbonyl (C=O) groups excluding carboxylic acids is 4. The SMILES string of the molecule is O=C1CCC(N2Cc3cc(CNC(=O)C4=Cc5cccc(OC(F)(F)F)c5OC4)ccc3C2=O)C(=O)N1. The molecule has 37 heavy (non-hydrogen) atoms. The first kappa shape index (κ1) is 24.3. The van der Waals surface area contributed by atoms with E-state index < -0.39 is 30.0 Å². The minimum Gasteiger partial charge on any atom is -0.484 e. The number of rotatable bonds is 5. The van der Waals surface area contributed by atoms with E-state index in [1.165, 1.54) is 23.1 Å². The molecule has 192 valence electrons. The predicted octanol–water partition coefficient (Wildman–Crippen LogP) is 2.44. The van der Waals surface area contributed by atoms with Gasteiger partial charge < -0.3 is 19.7 Å². The lowest BCUT2D eigenvalue weighted by atomic mass is 10.0. The average molecular weight is 515 g/mol. The van der Waals surface area contributed by atoms with E-state index in [2.05, 4.69) is 15.4 Å². The van der Waals surface area contributed by atoms with Gasteiger partial charge in [0.25, 0.3) is 11.8 Å².